The Kier molecular flexibility index (Phi) is 6.91. The summed E-state index contributed by atoms with van der Waals surface area (Å²) in [5, 5.41) is 10.3. The van der Waals surface area contributed by atoms with Gasteiger partial charge in [-0.15, -0.1) is 0 Å². The number of pyridine rings is 1. The average Bonchev–Trinajstić information content (AvgIpc) is 2.84. The van der Waals surface area contributed by atoms with E-state index in [4.69, 9.17) is 26.1 Å². The van der Waals surface area contributed by atoms with Gasteiger partial charge in [0.2, 0.25) is 0 Å². The first-order valence-electron chi connectivity index (χ1n) is 10.4. The van der Waals surface area contributed by atoms with Crippen molar-refractivity contribution in [1.82, 2.24) is 4.98 Å². The lowest BCUT2D eigenvalue weighted by Gasteiger charge is -2.15. The maximum Gasteiger partial charge on any atom is 0.337 e. The van der Waals surface area contributed by atoms with Gasteiger partial charge >= 0.3 is 5.97 Å². The number of hydrogen-bond acceptors (Lipinski definition) is 4. The predicted octanol–water partition coefficient (Wildman–Crippen LogP) is 6.28. The van der Waals surface area contributed by atoms with Crippen molar-refractivity contribution in [1.29, 1.82) is 0 Å². The van der Waals surface area contributed by atoms with Crippen molar-refractivity contribution in [3.05, 3.63) is 112 Å². The summed E-state index contributed by atoms with van der Waals surface area (Å²) in [6.45, 7) is 0.394. The van der Waals surface area contributed by atoms with Crippen LogP contribution >= 0.6 is 11.6 Å². The van der Waals surface area contributed by atoms with Gasteiger partial charge in [-0.2, -0.15) is 0 Å². The monoisotopic (exact) mass is 459 g/mol. The topological polar surface area (TPSA) is 68.7 Å². The molecule has 6 heteroatoms. The number of ether oxygens (including phenoxy) is 2. The number of hydrogen-bond donors (Lipinski definition) is 1. The van der Waals surface area contributed by atoms with Crippen molar-refractivity contribution in [3.8, 4) is 22.8 Å². The summed E-state index contributed by atoms with van der Waals surface area (Å²) in [6.07, 6.45) is 0.358. The highest BCUT2D eigenvalue weighted by Gasteiger charge is 2.17. The molecule has 5 nitrogen and oxygen atoms in total. The van der Waals surface area contributed by atoms with E-state index in [9.17, 15) is 9.90 Å². The minimum atomic E-state index is -1.02. The van der Waals surface area contributed by atoms with Crippen molar-refractivity contribution in [3.63, 3.8) is 0 Å². The fraction of sp³-hybridized carbons (Fsp3) is 0.111. The van der Waals surface area contributed by atoms with E-state index in [-0.39, 0.29) is 5.56 Å². The Morgan fingerprint density at radius 2 is 1.70 bits per heavy atom. The van der Waals surface area contributed by atoms with Crippen molar-refractivity contribution < 1.29 is 19.4 Å². The molecule has 3 aromatic carbocycles. The lowest BCUT2D eigenvalue weighted by Crippen LogP contribution is -2.07. The molecule has 1 aromatic heterocycles. The molecule has 4 aromatic rings. The second-order valence-electron chi connectivity index (χ2n) is 7.44. The Morgan fingerprint density at radius 3 is 2.39 bits per heavy atom. The number of nitrogens with zero attached hydrogens (tertiary/aromatic N) is 1. The van der Waals surface area contributed by atoms with Crippen molar-refractivity contribution in [2.24, 2.45) is 0 Å². The number of halogens is 1. The molecule has 0 saturated heterocycles. The van der Waals surface area contributed by atoms with Crippen LogP contribution in [0.4, 0.5) is 0 Å². The molecule has 0 aliphatic rings. The molecule has 1 N–H and O–H groups in total. The summed E-state index contributed by atoms with van der Waals surface area (Å²) in [5.74, 6) is 0.261. The molecule has 0 spiro atoms. The molecule has 4 rings (SSSR count). The highest BCUT2D eigenvalue weighted by atomic mass is 35.5. The average molecular weight is 460 g/mol. The molecule has 1 heterocycles. The van der Waals surface area contributed by atoms with Crippen LogP contribution in [-0.4, -0.2) is 23.2 Å². The van der Waals surface area contributed by atoms with E-state index in [1.807, 2.05) is 60.7 Å². The van der Waals surface area contributed by atoms with Crippen LogP contribution in [0.1, 0.15) is 27.2 Å². The number of benzene rings is 3. The summed E-state index contributed by atoms with van der Waals surface area (Å²) >= 11 is 5.99. The second kappa shape index (κ2) is 10.2. The molecule has 0 saturated carbocycles. The van der Waals surface area contributed by atoms with E-state index in [2.05, 4.69) is 0 Å². The van der Waals surface area contributed by atoms with E-state index in [0.717, 1.165) is 16.7 Å². The van der Waals surface area contributed by atoms with Crippen LogP contribution in [0.2, 0.25) is 5.02 Å². The zero-order valence-corrected chi connectivity index (χ0v) is 18.8. The molecule has 0 amide bonds. The first-order valence-corrected chi connectivity index (χ1v) is 10.7. The first-order chi connectivity index (χ1) is 16.0. The maximum atomic E-state index is 11.8. The highest BCUT2D eigenvalue weighted by molar-refractivity contribution is 6.30. The molecule has 0 fully saturated rings. The van der Waals surface area contributed by atoms with E-state index in [1.54, 1.807) is 31.4 Å². The van der Waals surface area contributed by atoms with Gasteiger partial charge in [-0.25, -0.2) is 4.79 Å². The van der Waals surface area contributed by atoms with Gasteiger partial charge in [0, 0.05) is 17.0 Å². The van der Waals surface area contributed by atoms with Gasteiger partial charge in [0.05, 0.1) is 24.1 Å². The highest BCUT2D eigenvalue weighted by Crippen LogP contribution is 2.34. The van der Waals surface area contributed by atoms with E-state index in [0.29, 0.717) is 40.9 Å². The molecular formula is C27H22ClNO4. The number of methoxy groups -OCH3 is 1. The summed E-state index contributed by atoms with van der Waals surface area (Å²) in [5.41, 5.74) is 3.89. The van der Waals surface area contributed by atoms with Gasteiger partial charge in [0.15, 0.2) is 0 Å². The third-order valence-electron chi connectivity index (χ3n) is 5.19. The normalized spacial score (nSPS) is 10.6. The number of rotatable bonds is 8. The van der Waals surface area contributed by atoms with Crippen molar-refractivity contribution in [2.75, 3.05) is 7.11 Å². The Bertz CT molecular complexity index is 1260. The maximum absolute atomic E-state index is 11.8. The van der Waals surface area contributed by atoms with Crippen LogP contribution in [0.3, 0.4) is 0 Å². The molecule has 0 atom stereocenters. The summed E-state index contributed by atoms with van der Waals surface area (Å²) in [4.78, 5) is 16.6. The zero-order valence-electron chi connectivity index (χ0n) is 18.0. The number of carboxylic acids is 1. The molecule has 0 unspecified atom stereocenters. The van der Waals surface area contributed by atoms with Crippen LogP contribution in [0.25, 0.3) is 11.3 Å². The fourth-order valence-electron chi connectivity index (χ4n) is 3.47. The van der Waals surface area contributed by atoms with Crippen LogP contribution < -0.4 is 9.47 Å². The summed E-state index contributed by atoms with van der Waals surface area (Å²) < 4.78 is 11.5. The smallest absolute Gasteiger partial charge is 0.337 e. The van der Waals surface area contributed by atoms with Crippen LogP contribution in [0.15, 0.2) is 84.9 Å². The number of aromatic nitrogens is 1. The quantitative estimate of drug-likeness (QED) is 0.336. The van der Waals surface area contributed by atoms with Crippen LogP contribution in [0, 0.1) is 0 Å². The lowest BCUT2D eigenvalue weighted by molar-refractivity contribution is 0.0695. The van der Waals surface area contributed by atoms with E-state index < -0.39 is 5.97 Å². The minimum Gasteiger partial charge on any atom is -0.497 e. The molecule has 0 aliphatic carbocycles. The lowest BCUT2D eigenvalue weighted by atomic mass is 10.0. The number of carbonyl (C=O) groups is 1. The summed E-state index contributed by atoms with van der Waals surface area (Å²) in [7, 11) is 1.59. The minimum absolute atomic E-state index is 0.156. The van der Waals surface area contributed by atoms with Gasteiger partial charge in [-0.1, -0.05) is 54.1 Å². The SMILES string of the molecule is COc1ccc(OCc2ccccc2)c(-c2ccc(C(=O)O)c(Cc3ccc(Cl)cc3)n2)c1. The molecule has 0 radical (unpaired) electrons. The third kappa shape index (κ3) is 5.51. The van der Waals surface area contributed by atoms with Gasteiger partial charge in [-0.3, -0.25) is 4.98 Å². The van der Waals surface area contributed by atoms with Gasteiger partial charge in [0.25, 0.3) is 0 Å². The predicted molar refractivity (Wildman–Crippen MR) is 128 cm³/mol. The van der Waals surface area contributed by atoms with E-state index in [1.165, 1.54) is 0 Å². The Hall–Kier alpha value is -3.83. The standard InChI is InChI=1S/C27H22ClNO4/c1-32-21-11-14-26(33-17-19-5-3-2-4-6-19)23(16-21)24-13-12-22(27(30)31)25(29-24)15-18-7-9-20(28)10-8-18/h2-14,16H,15,17H2,1H3,(H,30,31). The number of carboxylic acid groups (broad SMARTS) is 1. The van der Waals surface area contributed by atoms with Gasteiger partial charge in [-0.05, 0) is 53.6 Å². The summed E-state index contributed by atoms with van der Waals surface area (Å²) in [6, 6.07) is 25.9. The molecule has 0 aliphatic heterocycles. The number of aromatic carboxylic acids is 1. The van der Waals surface area contributed by atoms with Crippen LogP contribution in [-0.2, 0) is 13.0 Å². The van der Waals surface area contributed by atoms with Gasteiger partial charge < -0.3 is 14.6 Å². The molecule has 0 bridgehead atoms. The third-order valence-corrected chi connectivity index (χ3v) is 5.44. The first kappa shape index (κ1) is 22.4. The fourth-order valence-corrected chi connectivity index (χ4v) is 3.60. The Morgan fingerprint density at radius 1 is 0.939 bits per heavy atom. The largest absolute Gasteiger partial charge is 0.497 e. The van der Waals surface area contributed by atoms with E-state index >= 15 is 0 Å². The second-order valence-corrected chi connectivity index (χ2v) is 7.87. The van der Waals surface area contributed by atoms with Crippen molar-refractivity contribution >= 4 is 17.6 Å². The molecule has 33 heavy (non-hydrogen) atoms. The van der Waals surface area contributed by atoms with Crippen molar-refractivity contribution in [2.45, 2.75) is 13.0 Å². The molecular weight excluding hydrogens is 438 g/mol. The Labute approximate surface area is 197 Å². The molecule has 166 valence electrons. The van der Waals surface area contributed by atoms with Gasteiger partial charge in [0.1, 0.15) is 18.1 Å². The Balaban J connectivity index is 1.72. The zero-order chi connectivity index (χ0) is 23.2. The van der Waals surface area contributed by atoms with Crippen LogP contribution in [0.5, 0.6) is 11.5 Å².